The van der Waals surface area contributed by atoms with E-state index in [1.807, 2.05) is 31.0 Å². The van der Waals surface area contributed by atoms with E-state index >= 15 is 0 Å². The van der Waals surface area contributed by atoms with Gasteiger partial charge in [-0.2, -0.15) is 5.10 Å². The molecule has 0 saturated carbocycles. The molecule has 0 spiro atoms. The van der Waals surface area contributed by atoms with Gasteiger partial charge in [0.05, 0.1) is 6.20 Å². The Kier molecular flexibility index (Phi) is 4.81. The molecule has 76 valence electrons. The highest BCUT2D eigenvalue weighted by atomic mass is 15.2. The first-order chi connectivity index (χ1) is 6.83. The Balaban J connectivity index is 2.06. The molecule has 0 aliphatic carbocycles. The molecule has 0 atom stereocenters. The van der Waals surface area contributed by atoms with Crippen LogP contribution < -0.4 is 5.32 Å². The van der Waals surface area contributed by atoms with Crippen LogP contribution in [0.4, 0.5) is 0 Å². The van der Waals surface area contributed by atoms with E-state index in [1.54, 1.807) is 0 Å². The molecule has 3 nitrogen and oxygen atoms in total. The van der Waals surface area contributed by atoms with Crippen LogP contribution in [-0.2, 0) is 13.5 Å². The first-order valence-electron chi connectivity index (χ1n) is 4.91. The molecule has 3 heteroatoms. The lowest BCUT2D eigenvalue weighted by Gasteiger charge is -1.99. The summed E-state index contributed by atoms with van der Waals surface area (Å²) >= 11 is 0. The van der Waals surface area contributed by atoms with Gasteiger partial charge in [-0.15, -0.1) is 11.8 Å². The van der Waals surface area contributed by atoms with E-state index in [0.717, 1.165) is 25.9 Å². The second kappa shape index (κ2) is 6.22. The van der Waals surface area contributed by atoms with Crippen LogP contribution in [-0.4, -0.2) is 22.9 Å². The fourth-order valence-corrected chi connectivity index (χ4v) is 1.23. The average molecular weight is 191 g/mol. The number of aryl methyl sites for hydroxylation is 1. The molecule has 0 amide bonds. The Morgan fingerprint density at radius 1 is 1.50 bits per heavy atom. The average Bonchev–Trinajstić information content (AvgIpc) is 2.58. The standard InChI is InChI=1S/C11H17N3/c1-3-4-5-7-12-8-6-11-9-13-14(2)10-11/h9-10,12H,5-8H2,1-2H3. The zero-order chi connectivity index (χ0) is 10.2. The third-order valence-electron chi connectivity index (χ3n) is 1.95. The van der Waals surface area contributed by atoms with Crippen molar-refractivity contribution < 1.29 is 0 Å². The molecule has 0 aliphatic rings. The lowest BCUT2D eigenvalue weighted by Crippen LogP contribution is -2.17. The summed E-state index contributed by atoms with van der Waals surface area (Å²) in [5.41, 5.74) is 1.28. The lowest BCUT2D eigenvalue weighted by molar-refractivity contribution is 0.693. The van der Waals surface area contributed by atoms with Gasteiger partial charge < -0.3 is 5.32 Å². The molecule has 1 rings (SSSR count). The maximum absolute atomic E-state index is 4.11. The third-order valence-corrected chi connectivity index (χ3v) is 1.95. The molecular weight excluding hydrogens is 174 g/mol. The van der Waals surface area contributed by atoms with Crippen molar-refractivity contribution in [1.82, 2.24) is 15.1 Å². The van der Waals surface area contributed by atoms with Gasteiger partial charge in [0.2, 0.25) is 0 Å². The fraction of sp³-hybridized carbons (Fsp3) is 0.545. The summed E-state index contributed by atoms with van der Waals surface area (Å²) in [5, 5.41) is 7.45. The van der Waals surface area contributed by atoms with E-state index in [2.05, 4.69) is 22.3 Å². The van der Waals surface area contributed by atoms with Crippen molar-refractivity contribution in [2.75, 3.05) is 13.1 Å². The molecule has 1 N–H and O–H groups in total. The molecule has 0 aliphatic heterocycles. The summed E-state index contributed by atoms with van der Waals surface area (Å²) in [6.07, 6.45) is 5.93. The van der Waals surface area contributed by atoms with Crippen LogP contribution in [0.15, 0.2) is 12.4 Å². The predicted octanol–water partition coefficient (Wildman–Crippen LogP) is 0.966. The summed E-state index contributed by atoms with van der Waals surface area (Å²) in [7, 11) is 1.94. The van der Waals surface area contributed by atoms with Gasteiger partial charge in [-0.25, -0.2) is 0 Å². The zero-order valence-electron chi connectivity index (χ0n) is 8.88. The van der Waals surface area contributed by atoms with Crippen LogP contribution in [0.3, 0.4) is 0 Å². The summed E-state index contributed by atoms with van der Waals surface area (Å²) in [4.78, 5) is 0. The first-order valence-corrected chi connectivity index (χ1v) is 4.91. The fourth-order valence-electron chi connectivity index (χ4n) is 1.23. The minimum Gasteiger partial charge on any atom is -0.315 e. The van der Waals surface area contributed by atoms with Crippen molar-refractivity contribution in [2.24, 2.45) is 7.05 Å². The molecule has 0 saturated heterocycles. The topological polar surface area (TPSA) is 29.9 Å². The van der Waals surface area contributed by atoms with Crippen molar-refractivity contribution in [3.8, 4) is 11.8 Å². The minimum absolute atomic E-state index is 0.934. The maximum atomic E-state index is 4.11. The predicted molar refractivity (Wildman–Crippen MR) is 57.8 cm³/mol. The first kappa shape index (κ1) is 10.8. The van der Waals surface area contributed by atoms with E-state index in [0.29, 0.717) is 0 Å². The Morgan fingerprint density at radius 2 is 2.36 bits per heavy atom. The molecule has 1 heterocycles. The van der Waals surface area contributed by atoms with Gasteiger partial charge in [0.1, 0.15) is 0 Å². The molecule has 0 unspecified atom stereocenters. The van der Waals surface area contributed by atoms with Gasteiger partial charge >= 0.3 is 0 Å². The summed E-state index contributed by atoms with van der Waals surface area (Å²) in [6, 6.07) is 0. The smallest absolute Gasteiger partial charge is 0.0522 e. The van der Waals surface area contributed by atoms with Crippen LogP contribution in [0.1, 0.15) is 18.9 Å². The molecule has 1 aromatic rings. The van der Waals surface area contributed by atoms with Crippen LogP contribution in [0, 0.1) is 11.8 Å². The minimum atomic E-state index is 0.934. The van der Waals surface area contributed by atoms with Gasteiger partial charge in [0.25, 0.3) is 0 Å². The Labute approximate surface area is 85.5 Å². The summed E-state index contributed by atoms with van der Waals surface area (Å²) in [5.74, 6) is 5.90. The highest BCUT2D eigenvalue weighted by Gasteiger charge is 1.94. The molecule has 0 radical (unpaired) electrons. The van der Waals surface area contributed by atoms with Gasteiger partial charge in [-0.05, 0) is 25.5 Å². The molecular formula is C11H17N3. The Hall–Kier alpha value is -1.27. The molecule has 14 heavy (non-hydrogen) atoms. The number of nitrogens with one attached hydrogen (secondary N) is 1. The van der Waals surface area contributed by atoms with E-state index < -0.39 is 0 Å². The highest BCUT2D eigenvalue weighted by Crippen LogP contribution is 1.95. The SMILES string of the molecule is CC#CCCNCCc1cnn(C)c1. The van der Waals surface area contributed by atoms with Gasteiger partial charge in [-0.1, -0.05) is 0 Å². The van der Waals surface area contributed by atoms with Gasteiger partial charge in [-0.3, -0.25) is 4.68 Å². The third kappa shape index (κ3) is 4.11. The number of aromatic nitrogens is 2. The maximum Gasteiger partial charge on any atom is 0.0522 e. The Morgan fingerprint density at radius 3 is 3.00 bits per heavy atom. The van der Waals surface area contributed by atoms with Crippen LogP contribution >= 0.6 is 0 Å². The van der Waals surface area contributed by atoms with Crippen molar-refractivity contribution >= 4 is 0 Å². The summed E-state index contributed by atoms with van der Waals surface area (Å²) in [6.45, 7) is 3.84. The van der Waals surface area contributed by atoms with E-state index in [1.165, 1.54) is 5.56 Å². The second-order valence-corrected chi connectivity index (χ2v) is 3.20. The van der Waals surface area contributed by atoms with E-state index in [4.69, 9.17) is 0 Å². The summed E-state index contributed by atoms with van der Waals surface area (Å²) < 4.78 is 1.83. The number of hydrogen-bond acceptors (Lipinski definition) is 2. The van der Waals surface area contributed by atoms with Crippen molar-refractivity contribution in [3.05, 3.63) is 18.0 Å². The van der Waals surface area contributed by atoms with Crippen molar-refractivity contribution in [2.45, 2.75) is 19.8 Å². The monoisotopic (exact) mass is 191 g/mol. The van der Waals surface area contributed by atoms with Crippen LogP contribution in [0.2, 0.25) is 0 Å². The van der Waals surface area contributed by atoms with Crippen molar-refractivity contribution in [1.29, 1.82) is 0 Å². The Bertz CT molecular complexity index is 317. The van der Waals surface area contributed by atoms with Crippen LogP contribution in [0.5, 0.6) is 0 Å². The van der Waals surface area contributed by atoms with Gasteiger partial charge in [0, 0.05) is 26.2 Å². The molecule has 0 aromatic carbocycles. The highest BCUT2D eigenvalue weighted by molar-refractivity contribution is 5.03. The number of hydrogen-bond donors (Lipinski definition) is 1. The van der Waals surface area contributed by atoms with E-state index in [9.17, 15) is 0 Å². The number of rotatable bonds is 5. The molecule has 0 fully saturated rings. The zero-order valence-corrected chi connectivity index (χ0v) is 8.88. The van der Waals surface area contributed by atoms with Gasteiger partial charge in [0.15, 0.2) is 0 Å². The quantitative estimate of drug-likeness (QED) is 0.555. The second-order valence-electron chi connectivity index (χ2n) is 3.20. The normalized spacial score (nSPS) is 9.57. The number of nitrogens with zero attached hydrogens (tertiary/aromatic N) is 2. The lowest BCUT2D eigenvalue weighted by atomic mass is 10.2. The molecule has 1 aromatic heterocycles. The van der Waals surface area contributed by atoms with Crippen molar-refractivity contribution in [3.63, 3.8) is 0 Å². The van der Waals surface area contributed by atoms with E-state index in [-0.39, 0.29) is 0 Å². The molecule has 0 bridgehead atoms. The van der Waals surface area contributed by atoms with Crippen LogP contribution in [0.25, 0.3) is 0 Å². The largest absolute Gasteiger partial charge is 0.315 e.